The first-order valence-electron chi connectivity index (χ1n) is 8.60. The summed E-state index contributed by atoms with van der Waals surface area (Å²) in [5, 5.41) is 0. The van der Waals surface area contributed by atoms with Gasteiger partial charge in [-0.15, -0.1) is 0 Å². The smallest absolute Gasteiger partial charge is 0.339 e. The van der Waals surface area contributed by atoms with Gasteiger partial charge in [-0.3, -0.25) is 4.98 Å². The number of hydrogen-bond acceptors (Lipinski definition) is 5. The predicted octanol–water partition coefficient (Wildman–Crippen LogP) is 3.06. The van der Waals surface area contributed by atoms with Crippen LogP contribution in [0.2, 0.25) is 0 Å². The molecule has 2 aromatic heterocycles. The molecular weight excluding hydrogens is 364 g/mol. The van der Waals surface area contributed by atoms with Gasteiger partial charge < -0.3 is 4.74 Å². The van der Waals surface area contributed by atoms with Crippen LogP contribution in [0.1, 0.15) is 27.9 Å². The molecule has 0 spiro atoms. The van der Waals surface area contributed by atoms with Gasteiger partial charge in [-0.1, -0.05) is 24.3 Å². The van der Waals surface area contributed by atoms with Crippen molar-refractivity contribution < 1.29 is 17.9 Å². The van der Waals surface area contributed by atoms with Crippen LogP contribution in [0.3, 0.4) is 0 Å². The van der Waals surface area contributed by atoms with Crippen LogP contribution < -0.4 is 0 Å². The summed E-state index contributed by atoms with van der Waals surface area (Å²) < 4.78 is 32.8. The molecule has 3 aromatic rings. The number of nitrogens with zero attached hydrogens (tertiary/aromatic N) is 2. The Kier molecular flexibility index (Phi) is 4.31. The van der Waals surface area contributed by atoms with Crippen molar-refractivity contribution in [3.63, 3.8) is 0 Å². The number of aromatic nitrogens is 2. The lowest BCUT2D eigenvalue weighted by Crippen LogP contribution is -2.14. The number of pyridine rings is 1. The summed E-state index contributed by atoms with van der Waals surface area (Å²) in [7, 11) is -2.62. The molecule has 138 valence electrons. The zero-order valence-electron chi connectivity index (χ0n) is 14.8. The number of rotatable bonds is 3. The van der Waals surface area contributed by atoms with Gasteiger partial charge in [0.1, 0.15) is 4.90 Å². The zero-order valence-corrected chi connectivity index (χ0v) is 15.6. The fourth-order valence-electron chi connectivity index (χ4n) is 3.57. The quantitative estimate of drug-likeness (QED) is 0.651. The SMILES string of the molecule is COC(=O)c1cn(S(=O)(=O)c2cccnc2)c2c1CCCc1ccccc1-2. The molecule has 1 aliphatic rings. The summed E-state index contributed by atoms with van der Waals surface area (Å²) in [6.45, 7) is 0. The molecule has 0 unspecified atom stereocenters. The largest absolute Gasteiger partial charge is 0.465 e. The fraction of sp³-hybridized carbons (Fsp3) is 0.200. The van der Waals surface area contributed by atoms with Crippen LogP contribution in [0.5, 0.6) is 0 Å². The Morgan fingerprint density at radius 3 is 2.70 bits per heavy atom. The first-order valence-corrected chi connectivity index (χ1v) is 10.0. The Bertz CT molecular complexity index is 1120. The van der Waals surface area contributed by atoms with Crippen LogP contribution in [-0.4, -0.2) is 30.5 Å². The Balaban J connectivity index is 2.05. The van der Waals surface area contributed by atoms with E-state index in [0.717, 1.165) is 24.0 Å². The van der Waals surface area contributed by atoms with Crippen molar-refractivity contribution in [3.05, 3.63) is 71.7 Å². The number of esters is 1. The average molecular weight is 382 g/mol. The van der Waals surface area contributed by atoms with Crippen molar-refractivity contribution in [3.8, 4) is 11.3 Å². The first-order chi connectivity index (χ1) is 13.0. The van der Waals surface area contributed by atoms with E-state index >= 15 is 0 Å². The van der Waals surface area contributed by atoms with Crippen LogP contribution in [0, 0.1) is 0 Å². The van der Waals surface area contributed by atoms with Gasteiger partial charge in [0.2, 0.25) is 0 Å². The van der Waals surface area contributed by atoms with Crippen molar-refractivity contribution >= 4 is 16.0 Å². The van der Waals surface area contributed by atoms with E-state index in [-0.39, 0.29) is 10.5 Å². The zero-order chi connectivity index (χ0) is 19.0. The van der Waals surface area contributed by atoms with Gasteiger partial charge in [-0.05, 0) is 42.5 Å². The molecule has 0 amide bonds. The molecule has 0 aliphatic heterocycles. The lowest BCUT2D eigenvalue weighted by molar-refractivity contribution is 0.0599. The summed E-state index contributed by atoms with van der Waals surface area (Å²) in [5.41, 5.74) is 3.42. The van der Waals surface area contributed by atoms with Gasteiger partial charge in [-0.25, -0.2) is 17.2 Å². The minimum atomic E-state index is -3.91. The van der Waals surface area contributed by atoms with E-state index in [2.05, 4.69) is 4.98 Å². The summed E-state index contributed by atoms with van der Waals surface area (Å²) in [6, 6.07) is 10.8. The van der Waals surface area contributed by atoms with Crippen LogP contribution in [0.15, 0.2) is 59.9 Å². The first kappa shape index (κ1) is 17.5. The molecule has 0 radical (unpaired) electrons. The van der Waals surface area contributed by atoms with Crippen molar-refractivity contribution in [2.24, 2.45) is 0 Å². The highest BCUT2D eigenvalue weighted by molar-refractivity contribution is 7.90. The highest BCUT2D eigenvalue weighted by Gasteiger charge is 2.31. The predicted molar refractivity (Wildman–Crippen MR) is 100 cm³/mol. The number of ether oxygens (including phenoxy) is 1. The maximum Gasteiger partial charge on any atom is 0.339 e. The molecule has 0 bridgehead atoms. The Morgan fingerprint density at radius 2 is 1.96 bits per heavy atom. The van der Waals surface area contributed by atoms with Crippen LogP contribution in [0.25, 0.3) is 11.3 Å². The number of methoxy groups -OCH3 is 1. The van der Waals surface area contributed by atoms with E-state index in [9.17, 15) is 13.2 Å². The third-order valence-corrected chi connectivity index (χ3v) is 6.46. The van der Waals surface area contributed by atoms with Gasteiger partial charge in [0.15, 0.2) is 0 Å². The molecule has 0 fully saturated rings. The average Bonchev–Trinajstić information content (AvgIpc) is 2.98. The lowest BCUT2D eigenvalue weighted by Gasteiger charge is -2.13. The maximum atomic E-state index is 13.3. The number of carbonyl (C=O) groups excluding carboxylic acids is 1. The minimum Gasteiger partial charge on any atom is -0.465 e. The number of carbonyl (C=O) groups is 1. The Hall–Kier alpha value is -2.93. The van der Waals surface area contributed by atoms with E-state index < -0.39 is 16.0 Å². The standard InChI is InChI=1S/C20H18N2O4S/c1-26-20(23)18-13-22(27(24,25)15-8-5-11-21-12-15)19-16-9-3-2-6-14(16)7-4-10-17(18)19/h2-3,5-6,8-9,11-13H,4,7,10H2,1H3. The topological polar surface area (TPSA) is 78.3 Å². The van der Waals surface area contributed by atoms with E-state index in [1.54, 1.807) is 6.07 Å². The second-order valence-electron chi connectivity index (χ2n) is 6.36. The molecule has 27 heavy (non-hydrogen) atoms. The van der Waals surface area contributed by atoms with E-state index in [0.29, 0.717) is 17.7 Å². The number of hydrogen-bond donors (Lipinski definition) is 0. The molecule has 4 rings (SSSR count). The van der Waals surface area contributed by atoms with E-state index in [1.807, 2.05) is 24.3 Å². The van der Waals surface area contributed by atoms with Crippen molar-refractivity contribution in [1.29, 1.82) is 0 Å². The van der Waals surface area contributed by atoms with Crippen molar-refractivity contribution in [1.82, 2.24) is 8.96 Å². The van der Waals surface area contributed by atoms with E-state index in [1.165, 1.54) is 35.7 Å². The third kappa shape index (κ3) is 2.84. The van der Waals surface area contributed by atoms with Gasteiger partial charge in [0, 0.05) is 24.2 Å². The monoisotopic (exact) mass is 382 g/mol. The second-order valence-corrected chi connectivity index (χ2v) is 8.18. The Morgan fingerprint density at radius 1 is 1.15 bits per heavy atom. The molecule has 1 aliphatic carbocycles. The van der Waals surface area contributed by atoms with Crippen LogP contribution >= 0.6 is 0 Å². The van der Waals surface area contributed by atoms with Gasteiger partial charge in [0.05, 0.1) is 18.4 Å². The van der Waals surface area contributed by atoms with Gasteiger partial charge >= 0.3 is 5.97 Å². The fourth-order valence-corrected chi connectivity index (χ4v) is 4.93. The summed E-state index contributed by atoms with van der Waals surface area (Å²) in [6.07, 6.45) is 6.45. The third-order valence-electron chi connectivity index (χ3n) is 4.82. The summed E-state index contributed by atoms with van der Waals surface area (Å²) in [5.74, 6) is -0.536. The van der Waals surface area contributed by atoms with Crippen molar-refractivity contribution in [2.45, 2.75) is 24.2 Å². The Labute approximate surface area is 157 Å². The number of fused-ring (bicyclic) bond motifs is 3. The lowest BCUT2D eigenvalue weighted by atomic mass is 10.0. The molecule has 0 N–H and O–H groups in total. The molecule has 6 nitrogen and oxygen atoms in total. The van der Waals surface area contributed by atoms with Crippen molar-refractivity contribution in [2.75, 3.05) is 7.11 Å². The highest BCUT2D eigenvalue weighted by Crippen LogP contribution is 2.37. The van der Waals surface area contributed by atoms with Crippen LogP contribution in [0.4, 0.5) is 0 Å². The minimum absolute atomic E-state index is 0.0703. The number of benzene rings is 1. The summed E-state index contributed by atoms with van der Waals surface area (Å²) in [4.78, 5) is 16.3. The molecule has 0 saturated carbocycles. The molecule has 0 atom stereocenters. The molecule has 7 heteroatoms. The molecule has 0 saturated heterocycles. The molecular formula is C20H18N2O4S. The van der Waals surface area contributed by atoms with E-state index in [4.69, 9.17) is 4.74 Å². The maximum absolute atomic E-state index is 13.3. The second kappa shape index (κ2) is 6.66. The normalized spacial score (nSPS) is 13.4. The molecule has 1 aromatic carbocycles. The molecule has 2 heterocycles. The highest BCUT2D eigenvalue weighted by atomic mass is 32.2. The summed E-state index contributed by atoms with van der Waals surface area (Å²) >= 11 is 0. The van der Waals surface area contributed by atoms with Gasteiger partial charge in [-0.2, -0.15) is 0 Å². The number of aryl methyl sites for hydroxylation is 1. The van der Waals surface area contributed by atoms with Gasteiger partial charge in [0.25, 0.3) is 10.0 Å². The van der Waals surface area contributed by atoms with Crippen LogP contribution in [-0.2, 0) is 27.6 Å².